The first kappa shape index (κ1) is 15.0. The number of benzene rings is 1. The fraction of sp³-hybridized carbons (Fsp3) is 0.571. The third-order valence-corrected chi connectivity index (χ3v) is 6.34. The van der Waals surface area contributed by atoms with Gasteiger partial charge in [-0.05, 0) is 30.7 Å². The molecule has 0 aromatic heterocycles. The normalized spacial score (nSPS) is 21.4. The average Bonchev–Trinajstić information content (AvgIpc) is 2.46. The number of rotatable bonds is 5. The standard InChI is InChI=1S/C14H20BrNO2S/c15-11-14-7-4-9-16(12-14)19(17,18)10-8-13-5-2-1-3-6-13/h1-3,5-6,14H,4,7-12H2. The highest BCUT2D eigenvalue weighted by molar-refractivity contribution is 9.09. The Morgan fingerprint density at radius 3 is 2.68 bits per heavy atom. The number of nitrogens with zero attached hydrogens (tertiary/aromatic N) is 1. The second-order valence-corrected chi connectivity index (χ2v) is 7.81. The fourth-order valence-corrected chi connectivity index (χ4v) is 4.55. The maximum atomic E-state index is 12.3. The molecule has 106 valence electrons. The minimum Gasteiger partial charge on any atom is -0.212 e. The van der Waals surface area contributed by atoms with Crippen molar-refractivity contribution in [2.24, 2.45) is 5.92 Å². The first-order valence-corrected chi connectivity index (χ1v) is 9.42. The molecule has 5 heteroatoms. The quantitative estimate of drug-likeness (QED) is 0.769. The number of piperidine rings is 1. The van der Waals surface area contributed by atoms with Crippen molar-refractivity contribution in [1.29, 1.82) is 0 Å². The zero-order chi connectivity index (χ0) is 13.7. The van der Waals surface area contributed by atoms with Crippen molar-refractivity contribution in [3.8, 4) is 0 Å². The summed E-state index contributed by atoms with van der Waals surface area (Å²) in [4.78, 5) is 0. The van der Waals surface area contributed by atoms with Gasteiger partial charge in [-0.25, -0.2) is 12.7 Å². The molecule has 0 aliphatic carbocycles. The summed E-state index contributed by atoms with van der Waals surface area (Å²) >= 11 is 3.46. The fourth-order valence-electron chi connectivity index (χ4n) is 2.43. The zero-order valence-electron chi connectivity index (χ0n) is 11.0. The van der Waals surface area contributed by atoms with Gasteiger partial charge < -0.3 is 0 Å². The van der Waals surface area contributed by atoms with Gasteiger partial charge in [0.15, 0.2) is 0 Å². The molecule has 0 radical (unpaired) electrons. The van der Waals surface area contributed by atoms with Crippen molar-refractivity contribution < 1.29 is 8.42 Å². The Balaban J connectivity index is 1.94. The molecule has 1 saturated heterocycles. The van der Waals surface area contributed by atoms with E-state index in [9.17, 15) is 8.42 Å². The molecule has 0 saturated carbocycles. The van der Waals surface area contributed by atoms with Crippen LogP contribution in [0.1, 0.15) is 18.4 Å². The van der Waals surface area contributed by atoms with Crippen LogP contribution in [0.3, 0.4) is 0 Å². The number of sulfonamides is 1. The smallest absolute Gasteiger partial charge is 0.212 e. The van der Waals surface area contributed by atoms with Crippen LogP contribution in [0.2, 0.25) is 0 Å². The lowest BCUT2D eigenvalue weighted by atomic mass is 10.0. The highest BCUT2D eigenvalue weighted by Crippen LogP contribution is 2.21. The Labute approximate surface area is 124 Å². The van der Waals surface area contributed by atoms with E-state index in [1.54, 1.807) is 4.31 Å². The summed E-state index contributed by atoms with van der Waals surface area (Å²) in [7, 11) is -3.11. The lowest BCUT2D eigenvalue weighted by molar-refractivity contribution is 0.285. The van der Waals surface area contributed by atoms with Gasteiger partial charge in [0.1, 0.15) is 0 Å². The highest BCUT2D eigenvalue weighted by atomic mass is 79.9. The maximum absolute atomic E-state index is 12.3. The van der Waals surface area contributed by atoms with Crippen molar-refractivity contribution in [3.05, 3.63) is 35.9 Å². The van der Waals surface area contributed by atoms with Crippen LogP contribution in [0.25, 0.3) is 0 Å². The van der Waals surface area contributed by atoms with Gasteiger partial charge >= 0.3 is 0 Å². The molecule has 1 aromatic carbocycles. The Kier molecular flexibility index (Phi) is 5.42. The molecular weight excluding hydrogens is 326 g/mol. The van der Waals surface area contributed by atoms with Gasteiger partial charge in [0.2, 0.25) is 10.0 Å². The van der Waals surface area contributed by atoms with E-state index in [0.717, 1.165) is 23.7 Å². The van der Waals surface area contributed by atoms with Gasteiger partial charge in [-0.2, -0.15) is 0 Å². The van der Waals surface area contributed by atoms with Gasteiger partial charge in [0.05, 0.1) is 5.75 Å². The molecule has 1 atom stereocenters. The second-order valence-electron chi connectivity index (χ2n) is 5.07. The van der Waals surface area contributed by atoms with E-state index in [4.69, 9.17) is 0 Å². The molecule has 0 spiro atoms. The van der Waals surface area contributed by atoms with Crippen molar-refractivity contribution in [2.75, 3.05) is 24.2 Å². The highest BCUT2D eigenvalue weighted by Gasteiger charge is 2.27. The van der Waals surface area contributed by atoms with E-state index in [1.807, 2.05) is 30.3 Å². The number of aryl methyl sites for hydroxylation is 1. The van der Waals surface area contributed by atoms with Crippen LogP contribution in [0.4, 0.5) is 0 Å². The van der Waals surface area contributed by atoms with E-state index in [1.165, 1.54) is 0 Å². The maximum Gasteiger partial charge on any atom is 0.214 e. The van der Waals surface area contributed by atoms with E-state index in [-0.39, 0.29) is 5.75 Å². The Hall–Kier alpha value is -0.390. The van der Waals surface area contributed by atoms with Crippen molar-refractivity contribution in [1.82, 2.24) is 4.31 Å². The van der Waals surface area contributed by atoms with Gasteiger partial charge in [-0.1, -0.05) is 46.3 Å². The van der Waals surface area contributed by atoms with Gasteiger partial charge in [-0.15, -0.1) is 0 Å². The van der Waals surface area contributed by atoms with Crippen LogP contribution in [0.5, 0.6) is 0 Å². The lowest BCUT2D eigenvalue weighted by Crippen LogP contribution is -2.41. The van der Waals surface area contributed by atoms with E-state index in [0.29, 0.717) is 25.4 Å². The Bertz CT molecular complexity index is 489. The largest absolute Gasteiger partial charge is 0.214 e. The summed E-state index contributed by atoms with van der Waals surface area (Å²) in [5, 5.41) is 0.887. The molecule has 1 aliphatic heterocycles. The third kappa shape index (κ3) is 4.29. The van der Waals surface area contributed by atoms with Crippen molar-refractivity contribution in [2.45, 2.75) is 19.3 Å². The summed E-state index contributed by atoms with van der Waals surface area (Å²) in [6.07, 6.45) is 2.69. The van der Waals surface area contributed by atoms with E-state index >= 15 is 0 Å². The SMILES string of the molecule is O=S(=O)(CCc1ccccc1)N1CCCC(CBr)C1. The predicted octanol–water partition coefficient (Wildman–Crippen LogP) is 2.67. The summed E-state index contributed by atoms with van der Waals surface area (Å²) < 4.78 is 26.3. The average molecular weight is 346 g/mol. The number of hydrogen-bond acceptors (Lipinski definition) is 2. The van der Waals surface area contributed by atoms with Gasteiger partial charge in [0, 0.05) is 18.4 Å². The van der Waals surface area contributed by atoms with Gasteiger partial charge in [0.25, 0.3) is 0 Å². The van der Waals surface area contributed by atoms with Crippen molar-refractivity contribution in [3.63, 3.8) is 0 Å². The summed E-state index contributed by atoms with van der Waals surface area (Å²) in [6, 6.07) is 9.80. The molecule has 2 rings (SSSR count). The summed E-state index contributed by atoms with van der Waals surface area (Å²) in [5.41, 5.74) is 1.08. The molecular formula is C14H20BrNO2S. The third-order valence-electron chi connectivity index (χ3n) is 3.58. The molecule has 0 N–H and O–H groups in total. The molecule has 0 bridgehead atoms. The topological polar surface area (TPSA) is 37.4 Å². The molecule has 1 unspecified atom stereocenters. The van der Waals surface area contributed by atoms with Crippen LogP contribution in [-0.2, 0) is 16.4 Å². The van der Waals surface area contributed by atoms with Gasteiger partial charge in [-0.3, -0.25) is 0 Å². The summed E-state index contributed by atoms with van der Waals surface area (Å²) in [5.74, 6) is 0.673. The minimum absolute atomic E-state index is 0.214. The number of halogens is 1. The Morgan fingerprint density at radius 2 is 2.00 bits per heavy atom. The number of hydrogen-bond donors (Lipinski definition) is 0. The van der Waals surface area contributed by atoms with Crippen LogP contribution in [0, 0.1) is 5.92 Å². The second kappa shape index (κ2) is 6.86. The molecule has 19 heavy (non-hydrogen) atoms. The molecule has 1 aliphatic rings. The molecule has 1 heterocycles. The minimum atomic E-state index is -3.11. The van der Waals surface area contributed by atoms with E-state index in [2.05, 4.69) is 15.9 Å². The molecule has 0 amide bonds. The summed E-state index contributed by atoms with van der Waals surface area (Å²) in [6.45, 7) is 1.35. The predicted molar refractivity (Wildman–Crippen MR) is 82.0 cm³/mol. The number of alkyl halides is 1. The van der Waals surface area contributed by atoms with Crippen LogP contribution in [-0.4, -0.2) is 36.9 Å². The molecule has 3 nitrogen and oxygen atoms in total. The zero-order valence-corrected chi connectivity index (χ0v) is 13.4. The first-order chi connectivity index (χ1) is 9.12. The van der Waals surface area contributed by atoms with Crippen molar-refractivity contribution >= 4 is 26.0 Å². The van der Waals surface area contributed by atoms with Crippen LogP contribution in [0.15, 0.2) is 30.3 Å². The van der Waals surface area contributed by atoms with Crippen LogP contribution < -0.4 is 0 Å². The molecule has 1 aromatic rings. The lowest BCUT2D eigenvalue weighted by Gasteiger charge is -2.31. The van der Waals surface area contributed by atoms with Crippen LogP contribution >= 0.6 is 15.9 Å². The monoisotopic (exact) mass is 345 g/mol. The molecule has 1 fully saturated rings. The first-order valence-electron chi connectivity index (χ1n) is 6.69. The Morgan fingerprint density at radius 1 is 1.26 bits per heavy atom. The van der Waals surface area contributed by atoms with E-state index < -0.39 is 10.0 Å².